The van der Waals surface area contributed by atoms with Crippen molar-refractivity contribution in [2.24, 2.45) is 5.92 Å². The van der Waals surface area contributed by atoms with E-state index in [4.69, 9.17) is 0 Å². The fourth-order valence-electron chi connectivity index (χ4n) is 0.980. The zero-order valence-electron chi connectivity index (χ0n) is 8.45. The Balaban J connectivity index is 2.52. The Labute approximate surface area is 78.8 Å². The molecule has 0 aliphatic heterocycles. The summed E-state index contributed by atoms with van der Waals surface area (Å²) < 4.78 is 4.67. The molecule has 0 amide bonds. The van der Waals surface area contributed by atoms with E-state index in [1.165, 1.54) is 12.8 Å². The number of allylic oxidation sites excluding steroid dienone is 2. The van der Waals surface area contributed by atoms with Gasteiger partial charge in [-0.05, 0) is 24.8 Å². The van der Waals surface area contributed by atoms with Crippen LogP contribution in [0.25, 0.3) is 5.57 Å². The third-order valence-corrected chi connectivity index (χ3v) is 2.24. The standard InChI is InChI=1S/C10H16N2O/c1-4-8(2)5-6-9(3)10-11-7-13-12-10/h6-8H,4-5H2,1-3H3. The predicted octanol–water partition coefficient (Wildman–Crippen LogP) is 2.91. The molecule has 3 nitrogen and oxygen atoms in total. The lowest BCUT2D eigenvalue weighted by Crippen LogP contribution is -1.90. The minimum atomic E-state index is 0.698. The first-order valence-electron chi connectivity index (χ1n) is 4.67. The van der Waals surface area contributed by atoms with Gasteiger partial charge in [-0.15, -0.1) is 0 Å². The van der Waals surface area contributed by atoms with E-state index in [0.717, 1.165) is 17.9 Å². The molecule has 72 valence electrons. The molecule has 1 heterocycles. The van der Waals surface area contributed by atoms with Gasteiger partial charge in [0.15, 0.2) is 5.82 Å². The molecule has 0 aliphatic carbocycles. The number of rotatable bonds is 4. The van der Waals surface area contributed by atoms with Crippen LogP contribution in [-0.4, -0.2) is 10.1 Å². The third kappa shape index (κ3) is 3.01. The molecule has 0 spiro atoms. The van der Waals surface area contributed by atoms with E-state index in [-0.39, 0.29) is 0 Å². The highest BCUT2D eigenvalue weighted by atomic mass is 16.5. The average molecular weight is 180 g/mol. The van der Waals surface area contributed by atoms with Crippen molar-refractivity contribution in [3.05, 3.63) is 18.3 Å². The van der Waals surface area contributed by atoms with Crippen LogP contribution in [0.2, 0.25) is 0 Å². The molecule has 0 aromatic carbocycles. The summed E-state index contributed by atoms with van der Waals surface area (Å²) in [5.41, 5.74) is 1.09. The van der Waals surface area contributed by atoms with Crippen LogP contribution in [0.15, 0.2) is 17.0 Å². The summed E-state index contributed by atoms with van der Waals surface area (Å²) in [4.78, 5) is 3.97. The van der Waals surface area contributed by atoms with Crippen molar-refractivity contribution in [2.45, 2.75) is 33.6 Å². The van der Waals surface area contributed by atoms with Crippen molar-refractivity contribution in [3.63, 3.8) is 0 Å². The van der Waals surface area contributed by atoms with Gasteiger partial charge >= 0.3 is 0 Å². The van der Waals surface area contributed by atoms with Gasteiger partial charge in [-0.3, -0.25) is 0 Å². The zero-order valence-corrected chi connectivity index (χ0v) is 8.45. The van der Waals surface area contributed by atoms with Gasteiger partial charge in [-0.25, -0.2) is 0 Å². The molecule has 0 radical (unpaired) electrons. The number of hydrogen-bond donors (Lipinski definition) is 0. The maximum atomic E-state index is 4.67. The van der Waals surface area contributed by atoms with E-state index < -0.39 is 0 Å². The van der Waals surface area contributed by atoms with Crippen LogP contribution in [0.5, 0.6) is 0 Å². The Morgan fingerprint density at radius 1 is 1.69 bits per heavy atom. The van der Waals surface area contributed by atoms with Crippen LogP contribution in [0, 0.1) is 5.92 Å². The van der Waals surface area contributed by atoms with E-state index in [1.807, 2.05) is 6.92 Å². The lowest BCUT2D eigenvalue weighted by Gasteiger charge is -2.03. The number of hydrogen-bond acceptors (Lipinski definition) is 3. The molecule has 0 saturated heterocycles. The lowest BCUT2D eigenvalue weighted by molar-refractivity contribution is 0.415. The van der Waals surface area contributed by atoms with Gasteiger partial charge in [0.1, 0.15) is 0 Å². The van der Waals surface area contributed by atoms with Crippen LogP contribution >= 0.6 is 0 Å². The van der Waals surface area contributed by atoms with Crippen LogP contribution < -0.4 is 0 Å². The van der Waals surface area contributed by atoms with Crippen LogP contribution in [0.1, 0.15) is 39.4 Å². The van der Waals surface area contributed by atoms with E-state index in [9.17, 15) is 0 Å². The molecular weight excluding hydrogens is 164 g/mol. The maximum Gasteiger partial charge on any atom is 0.214 e. The quantitative estimate of drug-likeness (QED) is 0.715. The van der Waals surface area contributed by atoms with Gasteiger partial charge in [0.2, 0.25) is 6.39 Å². The molecule has 0 aliphatic rings. The maximum absolute atomic E-state index is 4.67. The van der Waals surface area contributed by atoms with Gasteiger partial charge in [0, 0.05) is 0 Å². The van der Waals surface area contributed by atoms with Crippen LogP contribution in [0.3, 0.4) is 0 Å². The molecule has 13 heavy (non-hydrogen) atoms. The topological polar surface area (TPSA) is 38.9 Å². The molecule has 0 fully saturated rings. The molecule has 0 saturated carbocycles. The highest BCUT2D eigenvalue weighted by Gasteiger charge is 2.01. The molecule has 1 aromatic rings. The third-order valence-electron chi connectivity index (χ3n) is 2.24. The summed E-state index contributed by atoms with van der Waals surface area (Å²) in [6.45, 7) is 6.44. The van der Waals surface area contributed by atoms with Crippen molar-refractivity contribution in [1.82, 2.24) is 10.1 Å². The SMILES string of the molecule is CCC(C)CC=C(C)c1ncon1. The predicted molar refractivity (Wildman–Crippen MR) is 52.0 cm³/mol. The summed E-state index contributed by atoms with van der Waals surface area (Å²) in [7, 11) is 0. The van der Waals surface area contributed by atoms with Crippen molar-refractivity contribution in [3.8, 4) is 0 Å². The van der Waals surface area contributed by atoms with E-state index >= 15 is 0 Å². The monoisotopic (exact) mass is 180 g/mol. The summed E-state index contributed by atoms with van der Waals surface area (Å²) in [6.07, 6.45) is 5.81. The average Bonchev–Trinajstić information content (AvgIpc) is 2.66. The second kappa shape index (κ2) is 4.80. The summed E-state index contributed by atoms with van der Waals surface area (Å²) in [5.74, 6) is 1.42. The molecule has 1 unspecified atom stereocenters. The number of aromatic nitrogens is 2. The minimum absolute atomic E-state index is 0.698. The molecule has 0 N–H and O–H groups in total. The van der Waals surface area contributed by atoms with E-state index in [1.54, 1.807) is 0 Å². The summed E-state index contributed by atoms with van der Waals surface area (Å²) >= 11 is 0. The van der Waals surface area contributed by atoms with Gasteiger partial charge in [0.05, 0.1) is 0 Å². The van der Waals surface area contributed by atoms with Crippen LogP contribution in [-0.2, 0) is 0 Å². The fraction of sp³-hybridized carbons (Fsp3) is 0.600. The van der Waals surface area contributed by atoms with Crippen molar-refractivity contribution >= 4 is 5.57 Å². The second-order valence-electron chi connectivity index (χ2n) is 3.39. The van der Waals surface area contributed by atoms with Crippen molar-refractivity contribution in [1.29, 1.82) is 0 Å². The zero-order chi connectivity index (χ0) is 9.68. The van der Waals surface area contributed by atoms with E-state index in [0.29, 0.717) is 5.82 Å². The van der Waals surface area contributed by atoms with Gasteiger partial charge in [0.25, 0.3) is 0 Å². The number of nitrogens with zero attached hydrogens (tertiary/aromatic N) is 2. The minimum Gasteiger partial charge on any atom is -0.342 e. The normalized spacial score (nSPS) is 14.5. The molecule has 3 heteroatoms. The first kappa shape index (κ1) is 9.96. The molecule has 1 rings (SSSR count). The highest BCUT2D eigenvalue weighted by Crippen LogP contribution is 2.13. The summed E-state index contributed by atoms with van der Waals surface area (Å²) in [5, 5.41) is 3.77. The first-order valence-corrected chi connectivity index (χ1v) is 4.67. The fourth-order valence-corrected chi connectivity index (χ4v) is 0.980. The first-order chi connectivity index (χ1) is 6.24. The Bertz CT molecular complexity index is 264. The molecule has 1 aromatic heterocycles. The van der Waals surface area contributed by atoms with Crippen LogP contribution in [0.4, 0.5) is 0 Å². The van der Waals surface area contributed by atoms with Gasteiger partial charge in [-0.1, -0.05) is 31.5 Å². The molecule has 1 atom stereocenters. The Morgan fingerprint density at radius 3 is 3.00 bits per heavy atom. The highest BCUT2D eigenvalue weighted by molar-refractivity contribution is 5.56. The van der Waals surface area contributed by atoms with Gasteiger partial charge < -0.3 is 4.52 Å². The largest absolute Gasteiger partial charge is 0.342 e. The Morgan fingerprint density at radius 2 is 2.46 bits per heavy atom. The van der Waals surface area contributed by atoms with Crippen molar-refractivity contribution in [2.75, 3.05) is 0 Å². The second-order valence-corrected chi connectivity index (χ2v) is 3.39. The Kier molecular flexibility index (Phi) is 3.68. The van der Waals surface area contributed by atoms with Gasteiger partial charge in [-0.2, -0.15) is 4.98 Å². The molecule has 0 bridgehead atoms. The van der Waals surface area contributed by atoms with Crippen molar-refractivity contribution < 1.29 is 4.52 Å². The Hall–Kier alpha value is -1.12. The smallest absolute Gasteiger partial charge is 0.214 e. The van der Waals surface area contributed by atoms with E-state index in [2.05, 4.69) is 34.6 Å². The molecular formula is C10H16N2O. The lowest BCUT2D eigenvalue weighted by atomic mass is 10.0. The summed E-state index contributed by atoms with van der Waals surface area (Å²) in [6, 6.07) is 0.